The lowest BCUT2D eigenvalue weighted by Crippen LogP contribution is -2.43. The van der Waals surface area contributed by atoms with E-state index in [2.05, 4.69) is 72.7 Å². The Hall–Kier alpha value is -1.80. The minimum Gasteiger partial charge on any atom is -0.373 e. The molecule has 0 aromatic heterocycles. The summed E-state index contributed by atoms with van der Waals surface area (Å²) in [5.74, 6) is 0. The number of anilines is 1. The Kier molecular flexibility index (Phi) is 3.75. The first-order valence-electron chi connectivity index (χ1n) is 7.30. The summed E-state index contributed by atoms with van der Waals surface area (Å²) in [5, 5.41) is 3.65. The van der Waals surface area contributed by atoms with Crippen molar-refractivity contribution in [2.45, 2.75) is 25.9 Å². The zero-order valence-corrected chi connectivity index (χ0v) is 12.3. The van der Waals surface area contributed by atoms with E-state index >= 15 is 0 Å². The number of hydrogen-bond acceptors (Lipinski definition) is 2. The van der Waals surface area contributed by atoms with Crippen molar-refractivity contribution >= 4 is 5.69 Å². The Labute approximate surface area is 121 Å². The second-order valence-electron chi connectivity index (χ2n) is 5.77. The Morgan fingerprint density at radius 2 is 1.75 bits per heavy atom. The van der Waals surface area contributed by atoms with Crippen LogP contribution in [0.25, 0.3) is 0 Å². The molecule has 0 saturated heterocycles. The number of fused-ring (bicyclic) bond motifs is 1. The van der Waals surface area contributed by atoms with E-state index in [-0.39, 0.29) is 0 Å². The third-order valence-electron chi connectivity index (χ3n) is 4.13. The lowest BCUT2D eigenvalue weighted by Gasteiger charge is -2.30. The molecule has 0 radical (unpaired) electrons. The molecule has 20 heavy (non-hydrogen) atoms. The van der Waals surface area contributed by atoms with Crippen molar-refractivity contribution in [3.8, 4) is 0 Å². The van der Waals surface area contributed by atoms with E-state index in [0.29, 0.717) is 6.04 Å². The van der Waals surface area contributed by atoms with Crippen molar-refractivity contribution in [1.29, 1.82) is 0 Å². The maximum Gasteiger partial charge on any atom is 0.0364 e. The first kappa shape index (κ1) is 13.2. The predicted molar refractivity (Wildman–Crippen MR) is 85.2 cm³/mol. The minimum absolute atomic E-state index is 0.524. The number of hydrogen-bond donors (Lipinski definition) is 1. The fourth-order valence-electron chi connectivity index (χ4n) is 2.89. The molecule has 2 aromatic carbocycles. The van der Waals surface area contributed by atoms with Crippen LogP contribution >= 0.6 is 0 Å². The molecule has 1 unspecified atom stereocenters. The molecule has 0 aliphatic carbocycles. The SMILES string of the molecule is Cc1ccc(N(C)CC2Cc3ccccc3CN2)cc1. The van der Waals surface area contributed by atoms with Crippen LogP contribution < -0.4 is 10.2 Å². The van der Waals surface area contributed by atoms with E-state index in [1.165, 1.54) is 22.4 Å². The predicted octanol–water partition coefficient (Wildman–Crippen LogP) is 3.15. The lowest BCUT2D eigenvalue weighted by molar-refractivity contribution is 0.480. The van der Waals surface area contributed by atoms with Crippen molar-refractivity contribution < 1.29 is 0 Å². The molecule has 3 rings (SSSR count). The number of benzene rings is 2. The van der Waals surface area contributed by atoms with Crippen molar-refractivity contribution in [2.75, 3.05) is 18.5 Å². The van der Waals surface area contributed by atoms with Crippen LogP contribution in [0.3, 0.4) is 0 Å². The molecule has 2 aromatic rings. The molecule has 1 atom stereocenters. The van der Waals surface area contributed by atoms with Crippen LogP contribution in [0.4, 0.5) is 5.69 Å². The van der Waals surface area contributed by atoms with Crippen LogP contribution in [0.15, 0.2) is 48.5 Å². The third kappa shape index (κ3) is 2.86. The van der Waals surface area contributed by atoms with Crippen molar-refractivity contribution in [2.24, 2.45) is 0 Å². The van der Waals surface area contributed by atoms with Gasteiger partial charge in [0.05, 0.1) is 0 Å². The Morgan fingerprint density at radius 3 is 2.50 bits per heavy atom. The number of nitrogens with zero attached hydrogens (tertiary/aromatic N) is 1. The Balaban J connectivity index is 1.66. The molecule has 104 valence electrons. The maximum absolute atomic E-state index is 3.65. The quantitative estimate of drug-likeness (QED) is 0.918. The van der Waals surface area contributed by atoms with Crippen LogP contribution in [0, 0.1) is 6.92 Å². The molecule has 1 aliphatic heterocycles. The summed E-state index contributed by atoms with van der Waals surface area (Å²) in [6.07, 6.45) is 1.12. The van der Waals surface area contributed by atoms with E-state index in [1.807, 2.05) is 0 Å². The molecular formula is C18H22N2. The van der Waals surface area contributed by atoms with Crippen LogP contribution in [0.5, 0.6) is 0 Å². The number of rotatable bonds is 3. The summed E-state index contributed by atoms with van der Waals surface area (Å²) < 4.78 is 0. The second-order valence-corrected chi connectivity index (χ2v) is 5.77. The summed E-state index contributed by atoms with van der Waals surface area (Å²) in [4.78, 5) is 2.34. The first-order chi connectivity index (χ1) is 9.72. The summed E-state index contributed by atoms with van der Waals surface area (Å²) in [6, 6.07) is 18.0. The van der Waals surface area contributed by atoms with Crippen LogP contribution in [-0.2, 0) is 13.0 Å². The molecule has 0 saturated carbocycles. The van der Waals surface area contributed by atoms with Crippen molar-refractivity contribution in [3.05, 3.63) is 65.2 Å². The summed E-state index contributed by atoms with van der Waals surface area (Å²) >= 11 is 0. The summed E-state index contributed by atoms with van der Waals surface area (Å²) in [5.41, 5.74) is 5.54. The average Bonchev–Trinajstić information content (AvgIpc) is 2.48. The molecule has 0 spiro atoms. The normalized spacial score (nSPS) is 17.6. The van der Waals surface area contributed by atoms with Gasteiger partial charge in [-0.3, -0.25) is 0 Å². The van der Waals surface area contributed by atoms with Gasteiger partial charge in [-0.15, -0.1) is 0 Å². The molecule has 1 heterocycles. The van der Waals surface area contributed by atoms with Gasteiger partial charge in [0.2, 0.25) is 0 Å². The van der Waals surface area contributed by atoms with E-state index < -0.39 is 0 Å². The van der Waals surface area contributed by atoms with Crippen LogP contribution in [0.1, 0.15) is 16.7 Å². The highest BCUT2D eigenvalue weighted by Gasteiger charge is 2.18. The van der Waals surface area contributed by atoms with E-state index in [0.717, 1.165) is 19.5 Å². The highest BCUT2D eigenvalue weighted by Crippen LogP contribution is 2.19. The molecule has 2 nitrogen and oxygen atoms in total. The van der Waals surface area contributed by atoms with E-state index in [4.69, 9.17) is 0 Å². The zero-order chi connectivity index (χ0) is 13.9. The average molecular weight is 266 g/mol. The lowest BCUT2D eigenvalue weighted by atomic mass is 9.95. The highest BCUT2D eigenvalue weighted by molar-refractivity contribution is 5.47. The fraction of sp³-hybridized carbons (Fsp3) is 0.333. The van der Waals surface area contributed by atoms with Crippen LogP contribution in [-0.4, -0.2) is 19.6 Å². The van der Waals surface area contributed by atoms with Crippen molar-refractivity contribution in [1.82, 2.24) is 5.32 Å². The van der Waals surface area contributed by atoms with Gasteiger partial charge in [0.25, 0.3) is 0 Å². The molecule has 1 N–H and O–H groups in total. The highest BCUT2D eigenvalue weighted by atomic mass is 15.1. The van der Waals surface area contributed by atoms with Gasteiger partial charge in [-0.1, -0.05) is 42.0 Å². The monoisotopic (exact) mass is 266 g/mol. The van der Waals surface area contributed by atoms with E-state index in [1.54, 1.807) is 0 Å². The molecule has 0 bridgehead atoms. The molecular weight excluding hydrogens is 244 g/mol. The number of nitrogens with one attached hydrogen (secondary N) is 1. The molecule has 0 fully saturated rings. The molecule has 1 aliphatic rings. The zero-order valence-electron chi connectivity index (χ0n) is 12.3. The van der Waals surface area contributed by atoms with Gasteiger partial charge in [-0.2, -0.15) is 0 Å². The van der Waals surface area contributed by atoms with Gasteiger partial charge in [-0.05, 0) is 36.6 Å². The topological polar surface area (TPSA) is 15.3 Å². The molecule has 2 heteroatoms. The maximum atomic E-state index is 3.65. The summed E-state index contributed by atoms with van der Waals surface area (Å²) in [6.45, 7) is 4.16. The van der Waals surface area contributed by atoms with Gasteiger partial charge >= 0.3 is 0 Å². The number of likely N-dealkylation sites (N-methyl/N-ethyl adjacent to an activating group) is 1. The minimum atomic E-state index is 0.524. The second kappa shape index (κ2) is 5.68. The Morgan fingerprint density at radius 1 is 1.05 bits per heavy atom. The largest absolute Gasteiger partial charge is 0.373 e. The van der Waals surface area contributed by atoms with Crippen LogP contribution in [0.2, 0.25) is 0 Å². The summed E-state index contributed by atoms with van der Waals surface area (Å²) in [7, 11) is 2.17. The van der Waals surface area contributed by atoms with Gasteiger partial charge in [0.15, 0.2) is 0 Å². The van der Waals surface area contributed by atoms with Gasteiger partial charge in [0, 0.05) is 31.9 Å². The van der Waals surface area contributed by atoms with E-state index in [9.17, 15) is 0 Å². The van der Waals surface area contributed by atoms with Gasteiger partial charge in [-0.25, -0.2) is 0 Å². The Bertz CT molecular complexity index is 574. The fourth-order valence-corrected chi connectivity index (χ4v) is 2.89. The number of aryl methyl sites for hydroxylation is 1. The molecule has 0 amide bonds. The van der Waals surface area contributed by atoms with Gasteiger partial charge in [0.1, 0.15) is 0 Å². The third-order valence-corrected chi connectivity index (χ3v) is 4.13. The standard InChI is InChI=1S/C18H22N2/c1-14-7-9-18(10-8-14)20(2)13-17-11-15-5-3-4-6-16(15)12-19-17/h3-10,17,19H,11-13H2,1-2H3. The van der Waals surface area contributed by atoms with Crippen molar-refractivity contribution in [3.63, 3.8) is 0 Å². The first-order valence-corrected chi connectivity index (χ1v) is 7.30. The van der Waals surface area contributed by atoms with Gasteiger partial charge < -0.3 is 10.2 Å². The smallest absolute Gasteiger partial charge is 0.0364 e.